The quantitative estimate of drug-likeness (QED) is 0.164. The molecule has 4 nitrogen and oxygen atoms in total. The van der Waals surface area contributed by atoms with Gasteiger partial charge in [0.05, 0.1) is 5.41 Å². The number of allylic oxidation sites excluding steroid dienone is 4. The molecule has 0 aliphatic heterocycles. The van der Waals surface area contributed by atoms with Crippen molar-refractivity contribution in [2.45, 2.75) is 25.7 Å². The van der Waals surface area contributed by atoms with Crippen LogP contribution in [0.5, 0.6) is 0 Å². The largest absolute Gasteiger partial charge is 0.418 e. The minimum atomic E-state index is -0.432. The molecule has 0 amide bonds. The minimum absolute atomic E-state index is 0.432. The molecule has 2 aliphatic rings. The predicted octanol–water partition coefficient (Wildman–Crippen LogP) is 12.3. The summed E-state index contributed by atoms with van der Waals surface area (Å²) in [6, 6.07) is 50.4. The minimum Gasteiger partial charge on any atom is -0.418 e. The highest BCUT2D eigenvalue weighted by Crippen LogP contribution is 2.63. The first-order valence-corrected chi connectivity index (χ1v) is 18.3. The molecule has 10 rings (SSSR count). The second-order valence-electron chi connectivity index (χ2n) is 13.8. The van der Waals surface area contributed by atoms with Crippen LogP contribution in [0.2, 0.25) is 0 Å². The lowest BCUT2D eigenvalue weighted by Gasteiger charge is -2.30. The topological polar surface area (TPSA) is 51.8 Å². The van der Waals surface area contributed by atoms with E-state index in [0.717, 1.165) is 34.4 Å². The number of hydrogen-bond acceptors (Lipinski definition) is 4. The fraction of sp³-hybridized carbons (Fsp3) is 0.0816. The van der Waals surface area contributed by atoms with E-state index in [-0.39, 0.29) is 0 Å². The van der Waals surface area contributed by atoms with Crippen LogP contribution in [0.1, 0.15) is 48.1 Å². The van der Waals surface area contributed by atoms with Gasteiger partial charge in [0.25, 0.3) is 5.71 Å². The summed E-state index contributed by atoms with van der Waals surface area (Å²) in [4.78, 5) is 14.4. The maximum absolute atomic E-state index is 6.32. The maximum atomic E-state index is 6.32. The van der Waals surface area contributed by atoms with Crippen molar-refractivity contribution in [1.82, 2.24) is 15.0 Å². The summed E-state index contributed by atoms with van der Waals surface area (Å²) in [5.41, 5.74) is 18.3. The number of benzene rings is 6. The molecule has 1 spiro atoms. The first-order chi connectivity index (χ1) is 26.2. The third kappa shape index (κ3) is 4.65. The van der Waals surface area contributed by atoms with Gasteiger partial charge >= 0.3 is 0 Å². The Kier molecular flexibility index (Phi) is 7.19. The van der Waals surface area contributed by atoms with E-state index in [9.17, 15) is 0 Å². The van der Waals surface area contributed by atoms with Crippen LogP contribution in [0.3, 0.4) is 0 Å². The highest BCUT2D eigenvalue weighted by Gasteiger charge is 2.51. The number of rotatable bonds is 6. The summed E-state index contributed by atoms with van der Waals surface area (Å²) >= 11 is 0. The van der Waals surface area contributed by atoms with Gasteiger partial charge in [-0.3, -0.25) is 0 Å². The maximum Gasteiger partial charge on any atom is 0.251 e. The van der Waals surface area contributed by atoms with E-state index in [4.69, 9.17) is 14.4 Å². The van der Waals surface area contributed by atoms with E-state index in [1.54, 1.807) is 6.33 Å². The SMILES string of the molecule is C/C=C\C(=C/CC)c1cccc(-c2ccc(-c3nc4c(-c5ccc6c(c5)C5(c7ccccc7-c7ccccc75)c5ccccc5-6)ncnc4o3)cc2)c1. The molecule has 4 heteroatoms. The molecule has 0 saturated carbocycles. The van der Waals surface area contributed by atoms with Crippen LogP contribution in [0.15, 0.2) is 168 Å². The Bertz CT molecular complexity index is 2720. The summed E-state index contributed by atoms with van der Waals surface area (Å²) in [7, 11) is 0. The normalized spacial score (nSPS) is 13.7. The number of nitrogens with zero attached hydrogens (tertiary/aromatic N) is 3. The van der Waals surface area contributed by atoms with Crippen LogP contribution in [-0.2, 0) is 5.41 Å². The van der Waals surface area contributed by atoms with Gasteiger partial charge in [-0.2, -0.15) is 4.98 Å². The lowest BCUT2D eigenvalue weighted by Crippen LogP contribution is -2.25. The lowest BCUT2D eigenvalue weighted by atomic mass is 9.70. The lowest BCUT2D eigenvalue weighted by molar-refractivity contribution is 0.607. The molecule has 0 radical (unpaired) electrons. The van der Waals surface area contributed by atoms with Gasteiger partial charge in [0.1, 0.15) is 12.0 Å². The van der Waals surface area contributed by atoms with Crippen molar-refractivity contribution in [1.29, 1.82) is 0 Å². The Balaban J connectivity index is 1.06. The molecule has 0 atom stereocenters. The van der Waals surface area contributed by atoms with Gasteiger partial charge in [0.15, 0.2) is 5.52 Å². The Morgan fingerprint density at radius 3 is 1.89 bits per heavy atom. The molecule has 2 aliphatic carbocycles. The summed E-state index contributed by atoms with van der Waals surface area (Å²) in [5.74, 6) is 0.520. The predicted molar refractivity (Wildman–Crippen MR) is 215 cm³/mol. The summed E-state index contributed by atoms with van der Waals surface area (Å²) < 4.78 is 6.32. The number of hydrogen-bond donors (Lipinski definition) is 0. The molecule has 0 bridgehead atoms. The average molecular weight is 682 g/mol. The van der Waals surface area contributed by atoms with Crippen LogP contribution in [0.4, 0.5) is 0 Å². The van der Waals surface area contributed by atoms with E-state index >= 15 is 0 Å². The monoisotopic (exact) mass is 681 g/mol. The molecule has 2 heterocycles. The third-order valence-corrected chi connectivity index (χ3v) is 10.9. The molecule has 53 heavy (non-hydrogen) atoms. The van der Waals surface area contributed by atoms with Crippen molar-refractivity contribution < 1.29 is 4.42 Å². The Morgan fingerprint density at radius 2 is 1.23 bits per heavy atom. The molecule has 0 unspecified atom stereocenters. The van der Waals surface area contributed by atoms with Crippen LogP contribution in [0, 0.1) is 0 Å². The van der Waals surface area contributed by atoms with Gasteiger partial charge in [-0.15, -0.1) is 0 Å². The molecule has 252 valence electrons. The van der Waals surface area contributed by atoms with E-state index in [0.29, 0.717) is 17.1 Å². The van der Waals surface area contributed by atoms with Gasteiger partial charge < -0.3 is 4.42 Å². The van der Waals surface area contributed by atoms with Gasteiger partial charge in [0.2, 0.25) is 5.89 Å². The zero-order chi connectivity index (χ0) is 35.5. The third-order valence-electron chi connectivity index (χ3n) is 10.9. The van der Waals surface area contributed by atoms with Crippen molar-refractivity contribution in [3.8, 4) is 56.1 Å². The van der Waals surface area contributed by atoms with Gasteiger partial charge in [-0.1, -0.05) is 140 Å². The fourth-order valence-electron chi connectivity index (χ4n) is 8.70. The first kappa shape index (κ1) is 31.1. The molecule has 2 aromatic heterocycles. The Labute approximate surface area is 308 Å². The average Bonchev–Trinajstić information content (AvgIpc) is 3.88. The van der Waals surface area contributed by atoms with Gasteiger partial charge in [-0.05, 0) is 104 Å². The number of oxazole rings is 1. The smallest absolute Gasteiger partial charge is 0.251 e. The van der Waals surface area contributed by atoms with Crippen LogP contribution in [0.25, 0.3) is 72.9 Å². The van der Waals surface area contributed by atoms with Crippen molar-refractivity contribution >= 4 is 16.8 Å². The standard InChI is InChI=1S/C49H35N3O/c1-3-12-31(13-4-2)34-14-11-15-35(28-34)32-22-24-33(25-23-32)47-52-46-45(50-30-51-48(46)53-47)36-26-27-40-39-18-7-10-21-43(39)49(44(40)29-36)41-19-8-5-16-37(41)38-17-6-9-20-42(38)49/h3,5-30H,4H2,1-2H3/b12-3-,31-13+. The molecular formula is C49H35N3O. The molecule has 0 N–H and O–H groups in total. The van der Waals surface area contributed by atoms with Crippen molar-refractivity contribution in [2.24, 2.45) is 0 Å². The van der Waals surface area contributed by atoms with E-state index < -0.39 is 5.41 Å². The molecular weight excluding hydrogens is 647 g/mol. The second kappa shape index (κ2) is 12.2. The van der Waals surface area contributed by atoms with E-state index in [1.807, 2.05) is 0 Å². The summed E-state index contributed by atoms with van der Waals surface area (Å²) in [6.45, 7) is 4.23. The Hall–Kier alpha value is -6.65. The number of aromatic nitrogens is 3. The van der Waals surface area contributed by atoms with E-state index in [1.165, 1.54) is 55.6 Å². The van der Waals surface area contributed by atoms with Crippen LogP contribution in [-0.4, -0.2) is 15.0 Å². The van der Waals surface area contributed by atoms with Gasteiger partial charge in [-0.25, -0.2) is 9.97 Å². The van der Waals surface area contributed by atoms with Crippen LogP contribution < -0.4 is 0 Å². The molecule has 0 fully saturated rings. The molecule has 8 aromatic rings. The van der Waals surface area contributed by atoms with Crippen molar-refractivity contribution in [3.05, 3.63) is 192 Å². The van der Waals surface area contributed by atoms with Crippen LogP contribution >= 0.6 is 0 Å². The zero-order valence-corrected chi connectivity index (χ0v) is 29.5. The number of fused-ring (bicyclic) bond motifs is 11. The Morgan fingerprint density at radius 1 is 0.604 bits per heavy atom. The summed E-state index contributed by atoms with van der Waals surface area (Å²) in [5, 5.41) is 0. The first-order valence-electron chi connectivity index (χ1n) is 18.3. The molecule has 0 saturated heterocycles. The zero-order valence-electron chi connectivity index (χ0n) is 29.5. The van der Waals surface area contributed by atoms with Crippen molar-refractivity contribution in [2.75, 3.05) is 0 Å². The highest BCUT2D eigenvalue weighted by atomic mass is 16.4. The molecule has 6 aromatic carbocycles. The highest BCUT2D eigenvalue weighted by molar-refractivity contribution is 5.97. The summed E-state index contributed by atoms with van der Waals surface area (Å²) in [6.07, 6.45) is 9.09. The van der Waals surface area contributed by atoms with Crippen molar-refractivity contribution in [3.63, 3.8) is 0 Å². The van der Waals surface area contributed by atoms with Gasteiger partial charge in [0, 0.05) is 11.1 Å². The van der Waals surface area contributed by atoms with E-state index in [2.05, 4.69) is 177 Å². The fourth-order valence-corrected chi connectivity index (χ4v) is 8.70. The second-order valence-corrected chi connectivity index (χ2v) is 13.8.